The fraction of sp³-hybridized carbons (Fsp3) is 0.480. The molecule has 1 heterocycles. The molecule has 0 atom stereocenters. The minimum absolute atomic E-state index is 0.00948. The number of halogens is 1. The number of anilines is 1. The highest BCUT2D eigenvalue weighted by molar-refractivity contribution is 7.92. The van der Waals surface area contributed by atoms with E-state index in [0.717, 1.165) is 25.1 Å². The van der Waals surface area contributed by atoms with Gasteiger partial charge in [-0.1, -0.05) is 29.8 Å². The van der Waals surface area contributed by atoms with E-state index in [1.54, 1.807) is 38.1 Å². The van der Waals surface area contributed by atoms with Gasteiger partial charge in [0.25, 0.3) is 10.0 Å². The Hall–Kier alpha value is -2.09. The molecule has 1 saturated heterocycles. The quantitative estimate of drug-likeness (QED) is 0.539. The van der Waals surface area contributed by atoms with Crippen LogP contribution in [0.1, 0.15) is 42.4 Å². The van der Waals surface area contributed by atoms with Crippen molar-refractivity contribution in [3.05, 3.63) is 58.1 Å². The van der Waals surface area contributed by atoms with Gasteiger partial charge in [0.15, 0.2) is 0 Å². The number of carbonyl (C=O) groups is 1. The number of rotatable bonds is 9. The highest BCUT2D eigenvalue weighted by Gasteiger charge is 2.20. The van der Waals surface area contributed by atoms with E-state index >= 15 is 0 Å². The minimum Gasteiger partial charge on any atom is -0.356 e. The molecule has 1 fully saturated rings. The first-order chi connectivity index (χ1) is 15.7. The van der Waals surface area contributed by atoms with Gasteiger partial charge in [0.05, 0.1) is 10.6 Å². The lowest BCUT2D eigenvalue weighted by molar-refractivity contribution is -0.121. The SMILES string of the molecule is Cc1cc(S(=O)(=O)Nc2ccccc2CCC(=O)NCCC2CCN(C)CC2)c(C)cc1Cl. The summed E-state index contributed by atoms with van der Waals surface area (Å²) in [5.74, 6) is 0.668. The monoisotopic (exact) mass is 491 g/mol. The van der Waals surface area contributed by atoms with Gasteiger partial charge in [-0.05, 0) is 100 Å². The van der Waals surface area contributed by atoms with Crippen LogP contribution in [0.2, 0.25) is 5.02 Å². The molecule has 8 heteroatoms. The number of aryl methyl sites for hydroxylation is 3. The molecule has 0 spiro atoms. The van der Waals surface area contributed by atoms with Crippen molar-refractivity contribution in [1.82, 2.24) is 10.2 Å². The first-order valence-electron chi connectivity index (χ1n) is 11.5. The Morgan fingerprint density at radius 2 is 1.82 bits per heavy atom. The molecule has 1 aliphatic heterocycles. The van der Waals surface area contributed by atoms with E-state index in [4.69, 9.17) is 11.6 Å². The number of hydrogen-bond acceptors (Lipinski definition) is 4. The molecule has 1 aliphatic rings. The molecule has 33 heavy (non-hydrogen) atoms. The third kappa shape index (κ3) is 7.19. The van der Waals surface area contributed by atoms with Crippen LogP contribution in [0.25, 0.3) is 0 Å². The summed E-state index contributed by atoms with van der Waals surface area (Å²) in [6, 6.07) is 10.5. The maximum absolute atomic E-state index is 13.1. The van der Waals surface area contributed by atoms with Gasteiger partial charge >= 0.3 is 0 Å². The molecule has 6 nitrogen and oxygen atoms in total. The number of piperidine rings is 1. The van der Waals surface area contributed by atoms with E-state index in [2.05, 4.69) is 22.0 Å². The van der Waals surface area contributed by atoms with Crippen molar-refractivity contribution in [2.24, 2.45) is 5.92 Å². The Morgan fingerprint density at radius 1 is 1.12 bits per heavy atom. The molecule has 0 unspecified atom stereocenters. The van der Waals surface area contributed by atoms with Gasteiger partial charge in [0.1, 0.15) is 0 Å². The third-order valence-electron chi connectivity index (χ3n) is 6.34. The Kier molecular flexibility index (Phi) is 8.79. The molecule has 180 valence electrons. The van der Waals surface area contributed by atoms with Gasteiger partial charge in [0.2, 0.25) is 5.91 Å². The van der Waals surface area contributed by atoms with Crippen LogP contribution in [0.15, 0.2) is 41.3 Å². The number of nitrogens with zero attached hydrogens (tertiary/aromatic N) is 1. The van der Waals surface area contributed by atoms with Crippen LogP contribution in [0.3, 0.4) is 0 Å². The number of para-hydroxylation sites is 1. The molecular formula is C25H34ClN3O3S. The summed E-state index contributed by atoms with van der Waals surface area (Å²) in [5.41, 5.74) is 2.56. The predicted molar refractivity (Wildman–Crippen MR) is 134 cm³/mol. The first kappa shape index (κ1) is 25.5. The Bertz CT molecular complexity index is 1080. The van der Waals surface area contributed by atoms with E-state index < -0.39 is 10.0 Å². The summed E-state index contributed by atoms with van der Waals surface area (Å²) in [6.45, 7) is 6.44. The number of likely N-dealkylation sites (tertiary alicyclic amines) is 1. The summed E-state index contributed by atoms with van der Waals surface area (Å²) < 4.78 is 28.8. The molecule has 3 rings (SSSR count). The highest BCUT2D eigenvalue weighted by atomic mass is 35.5. The standard InChI is InChI=1S/C25H34ClN3O3S/c1-18-17-24(19(2)16-22(18)26)33(31,32)28-23-7-5-4-6-21(23)8-9-25(30)27-13-10-20-11-14-29(3)15-12-20/h4-7,16-17,20,28H,8-15H2,1-3H3,(H,27,30). The zero-order valence-corrected chi connectivity index (χ0v) is 21.2. The van der Waals surface area contributed by atoms with Crippen LogP contribution in [0, 0.1) is 19.8 Å². The first-order valence-corrected chi connectivity index (χ1v) is 13.3. The fourth-order valence-corrected chi connectivity index (χ4v) is 5.82. The zero-order chi connectivity index (χ0) is 24.0. The summed E-state index contributed by atoms with van der Waals surface area (Å²) in [6.07, 6.45) is 4.15. The molecule has 2 N–H and O–H groups in total. The lowest BCUT2D eigenvalue weighted by Gasteiger charge is -2.28. The van der Waals surface area contributed by atoms with Gasteiger partial charge in [-0.25, -0.2) is 8.42 Å². The van der Waals surface area contributed by atoms with Crippen LogP contribution in [0.5, 0.6) is 0 Å². The second-order valence-electron chi connectivity index (χ2n) is 9.01. The molecular weight excluding hydrogens is 458 g/mol. The molecule has 1 amide bonds. The van der Waals surface area contributed by atoms with Crippen molar-refractivity contribution < 1.29 is 13.2 Å². The number of hydrogen-bond donors (Lipinski definition) is 2. The lowest BCUT2D eigenvalue weighted by atomic mass is 9.94. The third-order valence-corrected chi connectivity index (χ3v) is 8.26. The van der Waals surface area contributed by atoms with Crippen molar-refractivity contribution in [2.75, 3.05) is 31.4 Å². The number of nitrogens with one attached hydrogen (secondary N) is 2. The van der Waals surface area contributed by atoms with Crippen LogP contribution in [-0.2, 0) is 21.2 Å². The number of amides is 1. The molecule has 0 saturated carbocycles. The van der Waals surface area contributed by atoms with Crippen molar-refractivity contribution in [3.63, 3.8) is 0 Å². The lowest BCUT2D eigenvalue weighted by Crippen LogP contribution is -2.32. The number of benzene rings is 2. The van der Waals surface area contributed by atoms with Crippen LogP contribution >= 0.6 is 11.6 Å². The number of carbonyl (C=O) groups excluding carboxylic acids is 1. The maximum Gasteiger partial charge on any atom is 0.262 e. The van der Waals surface area contributed by atoms with Gasteiger partial charge in [0, 0.05) is 18.0 Å². The average Bonchev–Trinajstić information content (AvgIpc) is 2.76. The van der Waals surface area contributed by atoms with E-state index in [1.165, 1.54) is 12.8 Å². The van der Waals surface area contributed by atoms with Crippen molar-refractivity contribution in [3.8, 4) is 0 Å². The fourth-order valence-electron chi connectivity index (χ4n) is 4.18. The van der Waals surface area contributed by atoms with Gasteiger partial charge in [-0.2, -0.15) is 0 Å². The summed E-state index contributed by atoms with van der Waals surface area (Å²) in [4.78, 5) is 14.9. The largest absolute Gasteiger partial charge is 0.356 e. The minimum atomic E-state index is -3.79. The Morgan fingerprint density at radius 3 is 2.55 bits per heavy atom. The maximum atomic E-state index is 13.1. The normalized spacial score (nSPS) is 15.4. The molecule has 0 aliphatic carbocycles. The van der Waals surface area contributed by atoms with Gasteiger partial charge in [-0.3, -0.25) is 9.52 Å². The Labute approximate surface area is 202 Å². The average molecular weight is 492 g/mol. The van der Waals surface area contributed by atoms with Crippen LogP contribution in [-0.4, -0.2) is 45.9 Å². The van der Waals surface area contributed by atoms with E-state index in [0.29, 0.717) is 47.1 Å². The van der Waals surface area contributed by atoms with E-state index in [1.807, 2.05) is 12.1 Å². The molecule has 2 aromatic carbocycles. The molecule has 0 aromatic heterocycles. The predicted octanol–water partition coefficient (Wildman–Crippen LogP) is 4.54. The number of sulfonamides is 1. The summed E-state index contributed by atoms with van der Waals surface area (Å²) in [5, 5.41) is 3.56. The topological polar surface area (TPSA) is 78.5 Å². The molecule has 2 aromatic rings. The highest BCUT2D eigenvalue weighted by Crippen LogP contribution is 2.27. The van der Waals surface area contributed by atoms with Gasteiger partial charge in [-0.15, -0.1) is 0 Å². The summed E-state index contributed by atoms with van der Waals surface area (Å²) >= 11 is 6.12. The van der Waals surface area contributed by atoms with Gasteiger partial charge < -0.3 is 10.2 Å². The van der Waals surface area contributed by atoms with Crippen LogP contribution < -0.4 is 10.0 Å². The van der Waals surface area contributed by atoms with E-state index in [-0.39, 0.29) is 10.8 Å². The van der Waals surface area contributed by atoms with Crippen molar-refractivity contribution in [2.45, 2.75) is 50.8 Å². The molecule has 0 radical (unpaired) electrons. The molecule has 0 bridgehead atoms. The Balaban J connectivity index is 1.57. The van der Waals surface area contributed by atoms with Crippen molar-refractivity contribution in [1.29, 1.82) is 0 Å². The second-order valence-corrected chi connectivity index (χ2v) is 11.1. The van der Waals surface area contributed by atoms with Crippen molar-refractivity contribution >= 4 is 33.2 Å². The zero-order valence-electron chi connectivity index (χ0n) is 19.7. The smallest absolute Gasteiger partial charge is 0.262 e. The van der Waals surface area contributed by atoms with Crippen LogP contribution in [0.4, 0.5) is 5.69 Å². The summed E-state index contributed by atoms with van der Waals surface area (Å²) in [7, 11) is -1.64. The van der Waals surface area contributed by atoms with E-state index in [9.17, 15) is 13.2 Å². The second kappa shape index (κ2) is 11.4.